The number of hydrogen-bond donors (Lipinski definition) is 1. The van der Waals surface area contributed by atoms with Crippen LogP contribution in [0.5, 0.6) is 0 Å². The lowest BCUT2D eigenvalue weighted by Gasteiger charge is -1.97. The van der Waals surface area contributed by atoms with Crippen LogP contribution in [0, 0.1) is 0 Å². The van der Waals surface area contributed by atoms with Crippen LogP contribution >= 0.6 is 0 Å². The molecule has 0 aliphatic heterocycles. The third-order valence-corrected chi connectivity index (χ3v) is 1.84. The van der Waals surface area contributed by atoms with Gasteiger partial charge in [-0.05, 0) is 24.3 Å². The monoisotopic (exact) mass is 204 g/mol. The molecule has 2 aromatic heterocycles. The number of furan rings is 2. The number of carbonyl (C=O) groups is 1. The second-order valence-electron chi connectivity index (χ2n) is 2.76. The van der Waals surface area contributed by atoms with Crippen LogP contribution in [0.3, 0.4) is 0 Å². The highest BCUT2D eigenvalue weighted by Crippen LogP contribution is 2.09. The number of nitrogens with two attached hydrogens (primary N) is 1. The van der Waals surface area contributed by atoms with E-state index in [0.29, 0.717) is 5.76 Å². The van der Waals surface area contributed by atoms with E-state index in [4.69, 9.17) is 14.7 Å². The van der Waals surface area contributed by atoms with E-state index in [9.17, 15) is 4.79 Å². The van der Waals surface area contributed by atoms with Gasteiger partial charge in [-0.2, -0.15) is 5.10 Å². The molecule has 2 rings (SSSR count). The lowest BCUT2D eigenvalue weighted by molar-refractivity contribution is 0.104. The number of hydrazone groups is 1. The highest BCUT2D eigenvalue weighted by Gasteiger charge is 2.20. The Morgan fingerprint density at radius 1 is 1.13 bits per heavy atom. The fraction of sp³-hybridized carbons (Fsp3) is 0. The number of carbonyl (C=O) groups excluding carboxylic acids is 1. The summed E-state index contributed by atoms with van der Waals surface area (Å²) in [7, 11) is 0. The molecule has 5 heteroatoms. The first-order valence-corrected chi connectivity index (χ1v) is 4.23. The average Bonchev–Trinajstić information content (AvgIpc) is 2.91. The van der Waals surface area contributed by atoms with Crippen LogP contribution in [0.4, 0.5) is 0 Å². The van der Waals surface area contributed by atoms with Gasteiger partial charge in [-0.1, -0.05) is 0 Å². The molecule has 0 amide bonds. The van der Waals surface area contributed by atoms with E-state index in [1.54, 1.807) is 18.2 Å². The van der Waals surface area contributed by atoms with E-state index in [-0.39, 0.29) is 11.5 Å². The highest BCUT2D eigenvalue weighted by atomic mass is 16.3. The normalized spacial score (nSPS) is 11.6. The zero-order chi connectivity index (χ0) is 10.7. The maximum Gasteiger partial charge on any atom is 0.252 e. The predicted molar refractivity (Wildman–Crippen MR) is 52.5 cm³/mol. The van der Waals surface area contributed by atoms with Crippen LogP contribution in [-0.2, 0) is 0 Å². The zero-order valence-electron chi connectivity index (χ0n) is 7.71. The van der Waals surface area contributed by atoms with E-state index >= 15 is 0 Å². The van der Waals surface area contributed by atoms with Gasteiger partial charge in [0.2, 0.25) is 0 Å². The van der Waals surface area contributed by atoms with Crippen LogP contribution in [0.25, 0.3) is 0 Å². The zero-order valence-corrected chi connectivity index (χ0v) is 7.71. The van der Waals surface area contributed by atoms with Gasteiger partial charge >= 0.3 is 0 Å². The van der Waals surface area contributed by atoms with Crippen molar-refractivity contribution in [3.63, 3.8) is 0 Å². The lowest BCUT2D eigenvalue weighted by Crippen LogP contribution is -2.16. The molecule has 5 nitrogen and oxygen atoms in total. The summed E-state index contributed by atoms with van der Waals surface area (Å²) < 4.78 is 9.98. The number of hydrogen-bond acceptors (Lipinski definition) is 5. The van der Waals surface area contributed by atoms with Crippen LogP contribution in [0.2, 0.25) is 0 Å². The van der Waals surface area contributed by atoms with Crippen molar-refractivity contribution >= 4 is 11.5 Å². The molecular formula is C10H8N2O3. The van der Waals surface area contributed by atoms with Crippen LogP contribution in [0.1, 0.15) is 16.3 Å². The second-order valence-corrected chi connectivity index (χ2v) is 2.76. The first kappa shape index (κ1) is 9.26. The van der Waals surface area contributed by atoms with Crippen LogP contribution < -0.4 is 5.84 Å². The van der Waals surface area contributed by atoms with Crippen molar-refractivity contribution in [2.24, 2.45) is 10.9 Å². The number of rotatable bonds is 3. The molecule has 2 heterocycles. The molecule has 2 aromatic rings. The molecule has 0 fully saturated rings. The van der Waals surface area contributed by atoms with Crippen molar-refractivity contribution < 1.29 is 13.6 Å². The molecule has 0 radical (unpaired) electrons. The quantitative estimate of drug-likeness (QED) is 0.354. The molecule has 0 aliphatic carbocycles. The SMILES string of the molecule is N/N=C(/C(=O)c1ccco1)c1ccco1. The van der Waals surface area contributed by atoms with Crippen LogP contribution in [-0.4, -0.2) is 11.5 Å². The topological polar surface area (TPSA) is 81.7 Å². The summed E-state index contributed by atoms with van der Waals surface area (Å²) in [6, 6.07) is 6.41. The summed E-state index contributed by atoms with van der Waals surface area (Å²) in [5.41, 5.74) is 0.0370. The van der Waals surface area contributed by atoms with Gasteiger partial charge < -0.3 is 14.7 Å². The molecule has 0 unspecified atom stereocenters. The summed E-state index contributed by atoms with van der Waals surface area (Å²) in [6.07, 6.45) is 2.85. The minimum atomic E-state index is -0.405. The standard InChI is InChI=1S/C10H8N2O3/c11-12-9(7-3-1-5-14-7)10(13)8-4-2-6-15-8/h1-6H,11H2/b12-9+. The van der Waals surface area contributed by atoms with E-state index < -0.39 is 5.78 Å². The number of Topliss-reactive ketones (excluding diaryl/α,β-unsaturated/α-hetero) is 1. The summed E-state index contributed by atoms with van der Waals surface area (Å²) in [5, 5.41) is 3.40. The van der Waals surface area contributed by atoms with Crippen molar-refractivity contribution in [1.82, 2.24) is 0 Å². The van der Waals surface area contributed by atoms with Gasteiger partial charge in [0.1, 0.15) is 0 Å². The first-order chi connectivity index (χ1) is 7.33. The summed E-state index contributed by atoms with van der Waals surface area (Å²) in [6.45, 7) is 0. The predicted octanol–water partition coefficient (Wildman–Crippen LogP) is 1.42. The van der Waals surface area contributed by atoms with Crippen LogP contribution in [0.15, 0.2) is 50.7 Å². The Morgan fingerprint density at radius 3 is 2.20 bits per heavy atom. The Labute approximate surface area is 85.2 Å². The summed E-state index contributed by atoms with van der Waals surface area (Å²) in [5.74, 6) is 5.23. The van der Waals surface area contributed by atoms with Crippen molar-refractivity contribution in [3.8, 4) is 0 Å². The molecule has 0 saturated heterocycles. The minimum Gasteiger partial charge on any atom is -0.463 e. The molecule has 0 aromatic carbocycles. The number of ketones is 1. The van der Waals surface area contributed by atoms with E-state index in [0.717, 1.165) is 0 Å². The Balaban J connectivity index is 2.34. The molecular weight excluding hydrogens is 196 g/mol. The molecule has 76 valence electrons. The van der Waals surface area contributed by atoms with Crippen molar-refractivity contribution in [2.45, 2.75) is 0 Å². The molecule has 0 aliphatic rings. The Hall–Kier alpha value is -2.30. The van der Waals surface area contributed by atoms with Gasteiger partial charge in [0.05, 0.1) is 12.5 Å². The van der Waals surface area contributed by atoms with Gasteiger partial charge in [-0.3, -0.25) is 4.79 Å². The fourth-order valence-electron chi connectivity index (χ4n) is 1.17. The smallest absolute Gasteiger partial charge is 0.252 e. The van der Waals surface area contributed by atoms with Gasteiger partial charge in [-0.25, -0.2) is 0 Å². The van der Waals surface area contributed by atoms with E-state index in [2.05, 4.69) is 5.10 Å². The Kier molecular flexibility index (Phi) is 2.37. The summed E-state index contributed by atoms with van der Waals surface area (Å²) in [4.78, 5) is 11.8. The largest absolute Gasteiger partial charge is 0.463 e. The summed E-state index contributed by atoms with van der Waals surface area (Å²) >= 11 is 0. The van der Waals surface area contributed by atoms with E-state index in [1.165, 1.54) is 18.6 Å². The van der Waals surface area contributed by atoms with Crippen molar-refractivity contribution in [2.75, 3.05) is 0 Å². The Bertz CT molecular complexity index is 469. The Morgan fingerprint density at radius 2 is 1.73 bits per heavy atom. The highest BCUT2D eigenvalue weighted by molar-refractivity contribution is 6.50. The maximum atomic E-state index is 11.8. The van der Waals surface area contributed by atoms with E-state index in [1.807, 2.05) is 0 Å². The third kappa shape index (κ3) is 1.67. The number of nitrogens with zero attached hydrogens (tertiary/aromatic N) is 1. The van der Waals surface area contributed by atoms with Gasteiger partial charge in [0, 0.05) is 0 Å². The fourth-order valence-corrected chi connectivity index (χ4v) is 1.17. The molecule has 0 bridgehead atoms. The molecule has 2 N–H and O–H groups in total. The lowest BCUT2D eigenvalue weighted by atomic mass is 10.1. The third-order valence-electron chi connectivity index (χ3n) is 1.84. The minimum absolute atomic E-state index is 0.0370. The molecule has 0 atom stereocenters. The van der Waals surface area contributed by atoms with Gasteiger partial charge in [-0.15, -0.1) is 0 Å². The molecule has 0 spiro atoms. The average molecular weight is 204 g/mol. The van der Waals surface area contributed by atoms with Gasteiger partial charge in [0.25, 0.3) is 5.78 Å². The molecule has 15 heavy (non-hydrogen) atoms. The van der Waals surface area contributed by atoms with Crippen molar-refractivity contribution in [3.05, 3.63) is 48.3 Å². The first-order valence-electron chi connectivity index (χ1n) is 4.23. The second kappa shape index (κ2) is 3.83. The van der Waals surface area contributed by atoms with Gasteiger partial charge in [0.15, 0.2) is 17.2 Å². The van der Waals surface area contributed by atoms with Crippen molar-refractivity contribution in [1.29, 1.82) is 0 Å². The molecule has 0 saturated carbocycles. The maximum absolute atomic E-state index is 11.8.